The first-order valence-electron chi connectivity index (χ1n) is 9.61. The molecule has 32 heavy (non-hydrogen) atoms. The molecule has 2 N–H and O–H groups in total. The van der Waals surface area contributed by atoms with Crippen LogP contribution in [0.15, 0.2) is 46.8 Å². The normalized spacial score (nSPS) is 13.8. The van der Waals surface area contributed by atoms with Gasteiger partial charge in [0.2, 0.25) is 5.91 Å². The molecule has 0 aliphatic carbocycles. The van der Waals surface area contributed by atoms with E-state index in [1.165, 1.54) is 36.4 Å². The first kappa shape index (κ1) is 22.0. The summed E-state index contributed by atoms with van der Waals surface area (Å²) in [4.78, 5) is 22.8. The van der Waals surface area contributed by atoms with Crippen LogP contribution in [0.1, 0.15) is 23.2 Å². The molecule has 4 rings (SSSR count). The van der Waals surface area contributed by atoms with Crippen LogP contribution in [0.25, 0.3) is 10.6 Å². The average molecular weight is 460 g/mol. The molecule has 1 aliphatic rings. The number of alkyl halides is 3. The highest BCUT2D eigenvalue weighted by Crippen LogP contribution is 2.43. The molecule has 2 aromatic carbocycles. The molecule has 1 amide bonds. The maximum atomic E-state index is 13.6. The number of nitrogens with one attached hydrogen (secondary N) is 1. The molecule has 0 spiro atoms. The Balaban J connectivity index is 1.81. The summed E-state index contributed by atoms with van der Waals surface area (Å²) in [5.74, 6) is -0.449. The first-order chi connectivity index (χ1) is 15.2. The number of carbonyl (C=O) groups is 1. The first-order valence-corrected chi connectivity index (χ1v) is 10.5. The van der Waals surface area contributed by atoms with Crippen LogP contribution in [0, 0.1) is 0 Å². The standard InChI is InChI=1S/C22H19F3N4O2S/c1-29(2)19-8-18-17(7-15(19)22(23,24)25)28-20(31)9-16(27-18)12-4-3-5-13(6-12)21-26-14(10-30)11-32-21/h3-8,11,30H,9-10H2,1-2H3,(H,28,31). The smallest absolute Gasteiger partial charge is 0.390 e. The van der Waals surface area contributed by atoms with E-state index >= 15 is 0 Å². The number of halogens is 3. The molecule has 0 atom stereocenters. The van der Waals surface area contributed by atoms with Crippen LogP contribution < -0.4 is 10.2 Å². The Labute approximate surface area is 186 Å². The summed E-state index contributed by atoms with van der Waals surface area (Å²) in [6, 6.07) is 9.54. The quantitative estimate of drug-likeness (QED) is 0.584. The van der Waals surface area contributed by atoms with Crippen molar-refractivity contribution in [3.05, 3.63) is 58.6 Å². The van der Waals surface area contributed by atoms with Gasteiger partial charge in [-0.1, -0.05) is 18.2 Å². The van der Waals surface area contributed by atoms with Crippen molar-refractivity contribution in [2.45, 2.75) is 19.2 Å². The van der Waals surface area contributed by atoms with Crippen LogP contribution in [-0.4, -0.2) is 35.8 Å². The van der Waals surface area contributed by atoms with Crippen molar-refractivity contribution in [3.63, 3.8) is 0 Å². The van der Waals surface area contributed by atoms with E-state index in [0.717, 1.165) is 11.6 Å². The van der Waals surface area contributed by atoms with Crippen LogP contribution in [0.4, 0.5) is 30.2 Å². The van der Waals surface area contributed by atoms with E-state index in [1.807, 2.05) is 12.1 Å². The van der Waals surface area contributed by atoms with Gasteiger partial charge in [-0.15, -0.1) is 11.3 Å². The number of hydrogen-bond donors (Lipinski definition) is 2. The number of aliphatic imine (C=N–C) groups is 1. The lowest BCUT2D eigenvalue weighted by Crippen LogP contribution is -2.18. The van der Waals surface area contributed by atoms with Gasteiger partial charge in [0.15, 0.2) is 0 Å². The lowest BCUT2D eigenvalue weighted by molar-refractivity contribution is -0.137. The third kappa shape index (κ3) is 4.37. The fourth-order valence-corrected chi connectivity index (χ4v) is 4.22. The maximum absolute atomic E-state index is 13.6. The van der Waals surface area contributed by atoms with E-state index in [-0.39, 0.29) is 30.1 Å². The summed E-state index contributed by atoms with van der Waals surface area (Å²) >= 11 is 1.38. The zero-order valence-corrected chi connectivity index (χ0v) is 18.0. The van der Waals surface area contributed by atoms with Crippen LogP contribution in [0.3, 0.4) is 0 Å². The number of aliphatic hydroxyl groups is 1. The van der Waals surface area contributed by atoms with Gasteiger partial charge in [-0.25, -0.2) is 4.98 Å². The number of carbonyl (C=O) groups excluding carboxylic acids is 1. The third-order valence-corrected chi connectivity index (χ3v) is 5.86. The largest absolute Gasteiger partial charge is 0.418 e. The van der Waals surface area contributed by atoms with Gasteiger partial charge in [0.25, 0.3) is 0 Å². The molecule has 3 aromatic rings. The Morgan fingerprint density at radius 1 is 1.19 bits per heavy atom. The third-order valence-electron chi connectivity index (χ3n) is 4.92. The molecule has 0 saturated carbocycles. The highest BCUT2D eigenvalue weighted by molar-refractivity contribution is 7.13. The van der Waals surface area contributed by atoms with Crippen molar-refractivity contribution in [3.8, 4) is 10.6 Å². The predicted molar refractivity (Wildman–Crippen MR) is 119 cm³/mol. The van der Waals surface area contributed by atoms with E-state index in [1.54, 1.807) is 17.5 Å². The molecule has 1 aliphatic heterocycles. The fourth-order valence-electron chi connectivity index (χ4n) is 3.41. The number of amides is 1. The summed E-state index contributed by atoms with van der Waals surface area (Å²) in [6.07, 6.45) is -4.66. The van der Waals surface area contributed by atoms with Gasteiger partial charge in [0.1, 0.15) is 5.01 Å². The number of anilines is 2. The number of thiazole rings is 1. The van der Waals surface area contributed by atoms with Crippen molar-refractivity contribution in [2.24, 2.45) is 4.99 Å². The summed E-state index contributed by atoms with van der Waals surface area (Å²) < 4.78 is 40.7. The average Bonchev–Trinajstić information content (AvgIpc) is 3.16. The van der Waals surface area contributed by atoms with Gasteiger partial charge in [-0.3, -0.25) is 9.79 Å². The van der Waals surface area contributed by atoms with Crippen molar-refractivity contribution in [1.29, 1.82) is 0 Å². The molecule has 6 nitrogen and oxygen atoms in total. The minimum atomic E-state index is -4.58. The van der Waals surface area contributed by atoms with Crippen LogP contribution >= 0.6 is 11.3 Å². The van der Waals surface area contributed by atoms with Crippen LogP contribution in [-0.2, 0) is 17.6 Å². The topological polar surface area (TPSA) is 77.8 Å². The summed E-state index contributed by atoms with van der Waals surface area (Å²) in [7, 11) is 3.05. The molecular weight excluding hydrogens is 441 g/mol. The van der Waals surface area contributed by atoms with Gasteiger partial charge >= 0.3 is 6.18 Å². The zero-order valence-electron chi connectivity index (χ0n) is 17.2. The van der Waals surface area contributed by atoms with Gasteiger partial charge in [0, 0.05) is 25.0 Å². The highest BCUT2D eigenvalue weighted by Gasteiger charge is 2.36. The second-order valence-corrected chi connectivity index (χ2v) is 8.30. The molecule has 0 saturated heterocycles. The predicted octanol–water partition coefficient (Wildman–Crippen LogP) is 4.85. The second-order valence-electron chi connectivity index (χ2n) is 7.45. The Morgan fingerprint density at radius 3 is 2.59 bits per heavy atom. The Morgan fingerprint density at radius 2 is 1.94 bits per heavy atom. The monoisotopic (exact) mass is 460 g/mol. The van der Waals surface area contributed by atoms with Gasteiger partial charge in [-0.05, 0) is 23.8 Å². The van der Waals surface area contributed by atoms with Crippen LogP contribution in [0.5, 0.6) is 0 Å². The molecule has 166 valence electrons. The molecule has 0 fully saturated rings. The number of aliphatic hydroxyl groups excluding tert-OH is 1. The number of aromatic nitrogens is 1. The molecule has 10 heteroatoms. The van der Waals surface area contributed by atoms with Gasteiger partial charge in [0.05, 0.1) is 47.1 Å². The van der Waals surface area contributed by atoms with Gasteiger partial charge in [-0.2, -0.15) is 13.2 Å². The number of rotatable bonds is 4. The van der Waals surface area contributed by atoms with Crippen molar-refractivity contribution in [1.82, 2.24) is 4.98 Å². The van der Waals surface area contributed by atoms with E-state index in [0.29, 0.717) is 22.0 Å². The second kappa shape index (κ2) is 8.36. The summed E-state index contributed by atoms with van der Waals surface area (Å²) in [5, 5.41) is 14.3. The number of fused-ring (bicyclic) bond motifs is 1. The SMILES string of the molecule is CN(C)c1cc2c(cc1C(F)(F)F)NC(=O)CC(c1cccc(-c3nc(CO)cs3)c1)=N2. The van der Waals surface area contributed by atoms with E-state index in [9.17, 15) is 23.1 Å². The highest BCUT2D eigenvalue weighted by atomic mass is 32.1. The lowest BCUT2D eigenvalue weighted by Gasteiger charge is -2.21. The number of hydrogen-bond acceptors (Lipinski definition) is 6. The fraction of sp³-hybridized carbons (Fsp3) is 0.227. The van der Waals surface area contributed by atoms with E-state index < -0.39 is 17.6 Å². The summed E-state index contributed by atoms with van der Waals surface area (Å²) in [6.45, 7) is -0.159. The summed E-state index contributed by atoms with van der Waals surface area (Å²) in [5.41, 5.74) is 1.85. The molecule has 1 aromatic heterocycles. The molecule has 0 unspecified atom stereocenters. The van der Waals surface area contributed by atoms with Crippen molar-refractivity contribution < 1.29 is 23.1 Å². The maximum Gasteiger partial charge on any atom is 0.418 e. The Bertz CT molecular complexity index is 1220. The zero-order chi connectivity index (χ0) is 23.0. The van der Waals surface area contributed by atoms with Crippen LogP contribution in [0.2, 0.25) is 0 Å². The number of benzene rings is 2. The lowest BCUT2D eigenvalue weighted by atomic mass is 10.0. The minimum absolute atomic E-state index is 0.0200. The molecule has 2 heterocycles. The van der Waals surface area contributed by atoms with Crippen molar-refractivity contribution in [2.75, 3.05) is 24.3 Å². The van der Waals surface area contributed by atoms with Crippen molar-refractivity contribution >= 4 is 40.0 Å². The van der Waals surface area contributed by atoms with E-state index in [4.69, 9.17) is 0 Å². The van der Waals surface area contributed by atoms with E-state index in [2.05, 4.69) is 15.3 Å². The minimum Gasteiger partial charge on any atom is -0.390 e. The molecule has 0 bridgehead atoms. The number of nitrogens with zero attached hydrogens (tertiary/aromatic N) is 3. The Kier molecular flexibility index (Phi) is 5.74. The Hall–Kier alpha value is -3.24. The molecular formula is C22H19F3N4O2S. The molecule has 0 radical (unpaired) electrons. The van der Waals surface area contributed by atoms with Gasteiger partial charge < -0.3 is 15.3 Å².